The maximum absolute atomic E-state index is 12.6. The van der Waals surface area contributed by atoms with E-state index in [1.807, 2.05) is 30.3 Å². The number of rotatable bonds is 8. The first-order valence-electron chi connectivity index (χ1n) is 10.7. The van der Waals surface area contributed by atoms with Crippen LogP contribution in [0.4, 0.5) is 5.69 Å². The van der Waals surface area contributed by atoms with E-state index in [1.54, 1.807) is 36.4 Å². The van der Waals surface area contributed by atoms with Crippen molar-refractivity contribution in [2.45, 2.75) is 25.8 Å². The maximum atomic E-state index is 12.6. The van der Waals surface area contributed by atoms with Gasteiger partial charge in [-0.3, -0.25) is 14.4 Å². The van der Waals surface area contributed by atoms with Crippen LogP contribution in [-0.4, -0.2) is 35.0 Å². The molecule has 1 aliphatic rings. The molecule has 2 aromatic carbocycles. The zero-order valence-corrected chi connectivity index (χ0v) is 18.0. The van der Waals surface area contributed by atoms with Crippen LogP contribution in [0.15, 0.2) is 82.5 Å². The third kappa shape index (κ3) is 5.74. The molecule has 0 spiro atoms. The molecule has 0 radical (unpaired) electrons. The van der Waals surface area contributed by atoms with Gasteiger partial charge in [-0.25, -0.2) is 5.01 Å². The van der Waals surface area contributed by atoms with Crippen molar-refractivity contribution in [2.75, 3.05) is 11.9 Å². The summed E-state index contributed by atoms with van der Waals surface area (Å²) >= 11 is 0. The molecule has 3 amide bonds. The molecule has 3 aromatic rings. The van der Waals surface area contributed by atoms with Crippen molar-refractivity contribution in [3.8, 4) is 0 Å². The Morgan fingerprint density at radius 2 is 1.73 bits per heavy atom. The topological polar surface area (TPSA) is 104 Å². The highest BCUT2D eigenvalue weighted by Gasteiger charge is 2.22. The third-order valence-corrected chi connectivity index (χ3v) is 5.21. The van der Waals surface area contributed by atoms with Crippen LogP contribution >= 0.6 is 0 Å². The van der Waals surface area contributed by atoms with Crippen LogP contribution in [0.3, 0.4) is 0 Å². The Labute approximate surface area is 191 Å². The standard InChI is InChI=1S/C25H24N4O4/c30-23(12-13-24(31)29-15-14-21(28-29)18-7-2-1-3-8-18)27-22-11-5-4-10-20(22)25(32)26-17-19-9-6-16-33-19/h1-11,16H,12-15,17H2,(H,26,32)(H,27,30). The summed E-state index contributed by atoms with van der Waals surface area (Å²) in [7, 11) is 0. The molecule has 1 aromatic heterocycles. The van der Waals surface area contributed by atoms with Crippen LogP contribution < -0.4 is 10.6 Å². The monoisotopic (exact) mass is 444 g/mol. The number of para-hydroxylation sites is 1. The number of hydrazone groups is 1. The van der Waals surface area contributed by atoms with E-state index in [2.05, 4.69) is 15.7 Å². The fourth-order valence-corrected chi connectivity index (χ4v) is 3.50. The minimum atomic E-state index is -0.346. The second-order valence-corrected chi connectivity index (χ2v) is 7.54. The summed E-state index contributed by atoms with van der Waals surface area (Å²) in [5.41, 5.74) is 2.58. The van der Waals surface area contributed by atoms with Crippen molar-refractivity contribution < 1.29 is 18.8 Å². The molecule has 0 saturated heterocycles. The summed E-state index contributed by atoms with van der Waals surface area (Å²) in [4.78, 5) is 37.5. The second-order valence-electron chi connectivity index (χ2n) is 7.54. The van der Waals surface area contributed by atoms with E-state index in [0.717, 1.165) is 11.3 Å². The van der Waals surface area contributed by atoms with Gasteiger partial charge in [-0.2, -0.15) is 5.10 Å². The van der Waals surface area contributed by atoms with Gasteiger partial charge in [0, 0.05) is 19.3 Å². The van der Waals surface area contributed by atoms with Gasteiger partial charge in [0.1, 0.15) is 5.76 Å². The van der Waals surface area contributed by atoms with Gasteiger partial charge >= 0.3 is 0 Å². The van der Waals surface area contributed by atoms with E-state index in [9.17, 15) is 14.4 Å². The van der Waals surface area contributed by atoms with Crippen molar-refractivity contribution in [2.24, 2.45) is 5.10 Å². The van der Waals surface area contributed by atoms with Crippen LogP contribution in [0.2, 0.25) is 0 Å². The van der Waals surface area contributed by atoms with E-state index in [4.69, 9.17) is 4.42 Å². The number of carbonyl (C=O) groups is 3. The molecule has 8 heteroatoms. The molecule has 0 atom stereocenters. The SMILES string of the molecule is O=C(CCC(=O)N1CCC(c2ccccc2)=N1)Nc1ccccc1C(=O)NCc1ccco1. The minimum absolute atomic E-state index is 0.00608. The average Bonchev–Trinajstić information content (AvgIpc) is 3.54. The smallest absolute Gasteiger partial charge is 0.253 e. The highest BCUT2D eigenvalue weighted by molar-refractivity contribution is 6.04. The molecule has 2 heterocycles. The molecule has 0 fully saturated rings. The fourth-order valence-electron chi connectivity index (χ4n) is 3.50. The molecule has 0 aliphatic carbocycles. The first kappa shape index (κ1) is 22.0. The first-order chi connectivity index (χ1) is 16.1. The summed E-state index contributed by atoms with van der Waals surface area (Å²) in [6.07, 6.45) is 2.24. The Bertz CT molecular complexity index is 1160. The Hall–Kier alpha value is -4.20. The highest BCUT2D eigenvalue weighted by Crippen LogP contribution is 2.17. The number of nitrogens with zero attached hydrogens (tertiary/aromatic N) is 2. The number of nitrogens with one attached hydrogen (secondary N) is 2. The molecular formula is C25H24N4O4. The van der Waals surface area contributed by atoms with Crippen LogP contribution in [0.1, 0.15) is 40.9 Å². The van der Waals surface area contributed by atoms with Crippen molar-refractivity contribution in [3.05, 3.63) is 89.9 Å². The molecule has 4 rings (SSSR count). The van der Waals surface area contributed by atoms with Gasteiger partial charge in [0.25, 0.3) is 5.91 Å². The van der Waals surface area contributed by atoms with Gasteiger partial charge in [-0.1, -0.05) is 42.5 Å². The Balaban J connectivity index is 1.30. The van der Waals surface area contributed by atoms with Crippen LogP contribution in [-0.2, 0) is 16.1 Å². The molecule has 2 N–H and O–H groups in total. The zero-order chi connectivity index (χ0) is 23.0. The van der Waals surface area contributed by atoms with Crippen molar-refractivity contribution in [1.29, 1.82) is 0 Å². The zero-order valence-electron chi connectivity index (χ0n) is 18.0. The van der Waals surface area contributed by atoms with Gasteiger partial charge in [-0.05, 0) is 29.8 Å². The number of carbonyl (C=O) groups excluding carboxylic acids is 3. The number of anilines is 1. The predicted molar refractivity (Wildman–Crippen MR) is 123 cm³/mol. The Morgan fingerprint density at radius 1 is 0.939 bits per heavy atom. The van der Waals surface area contributed by atoms with Crippen LogP contribution in [0.5, 0.6) is 0 Å². The maximum Gasteiger partial charge on any atom is 0.253 e. The van der Waals surface area contributed by atoms with Crippen molar-refractivity contribution >= 4 is 29.1 Å². The molecular weight excluding hydrogens is 420 g/mol. The van der Waals surface area contributed by atoms with Gasteiger partial charge < -0.3 is 15.1 Å². The van der Waals surface area contributed by atoms with Crippen LogP contribution in [0.25, 0.3) is 0 Å². The molecule has 0 bridgehead atoms. The summed E-state index contributed by atoms with van der Waals surface area (Å²) in [5.74, 6) is -0.261. The lowest BCUT2D eigenvalue weighted by molar-refractivity contribution is -0.132. The van der Waals surface area contributed by atoms with E-state index in [-0.39, 0.29) is 37.1 Å². The summed E-state index contributed by atoms with van der Waals surface area (Å²) in [6, 6.07) is 20.0. The number of hydrogen-bond donors (Lipinski definition) is 2. The number of furan rings is 1. The van der Waals surface area contributed by atoms with Gasteiger partial charge in [-0.15, -0.1) is 0 Å². The minimum Gasteiger partial charge on any atom is -0.467 e. The molecule has 0 unspecified atom stereocenters. The molecule has 8 nitrogen and oxygen atoms in total. The van der Waals surface area contributed by atoms with E-state index in [0.29, 0.717) is 30.0 Å². The van der Waals surface area contributed by atoms with Gasteiger partial charge in [0.15, 0.2) is 0 Å². The van der Waals surface area contributed by atoms with Crippen molar-refractivity contribution in [3.63, 3.8) is 0 Å². The van der Waals surface area contributed by atoms with E-state index < -0.39 is 0 Å². The van der Waals surface area contributed by atoms with E-state index in [1.165, 1.54) is 11.3 Å². The first-order valence-corrected chi connectivity index (χ1v) is 10.7. The number of hydrogen-bond acceptors (Lipinski definition) is 5. The van der Waals surface area contributed by atoms with Crippen LogP contribution in [0, 0.1) is 0 Å². The lowest BCUT2D eigenvalue weighted by atomic mass is 10.1. The number of benzene rings is 2. The lowest BCUT2D eigenvalue weighted by Gasteiger charge is -2.13. The second kappa shape index (κ2) is 10.4. The summed E-state index contributed by atoms with van der Waals surface area (Å²) < 4.78 is 5.21. The van der Waals surface area contributed by atoms with Crippen molar-refractivity contribution in [1.82, 2.24) is 10.3 Å². The summed E-state index contributed by atoms with van der Waals surface area (Å²) in [6.45, 7) is 0.743. The summed E-state index contributed by atoms with van der Waals surface area (Å²) in [5, 5.41) is 11.3. The Morgan fingerprint density at radius 3 is 2.52 bits per heavy atom. The average molecular weight is 444 g/mol. The predicted octanol–water partition coefficient (Wildman–Crippen LogP) is 3.56. The molecule has 1 aliphatic heterocycles. The number of amides is 3. The quantitative estimate of drug-likeness (QED) is 0.554. The third-order valence-electron chi connectivity index (χ3n) is 5.21. The largest absolute Gasteiger partial charge is 0.467 e. The van der Waals surface area contributed by atoms with E-state index >= 15 is 0 Å². The fraction of sp³-hybridized carbons (Fsp3) is 0.200. The highest BCUT2D eigenvalue weighted by atomic mass is 16.3. The normalized spacial score (nSPS) is 12.8. The van der Waals surface area contributed by atoms with Gasteiger partial charge in [0.05, 0.1) is 36.3 Å². The Kier molecular flexibility index (Phi) is 6.94. The molecule has 168 valence electrons. The lowest BCUT2D eigenvalue weighted by Crippen LogP contribution is -2.26. The molecule has 0 saturated carbocycles. The molecule has 33 heavy (non-hydrogen) atoms. The van der Waals surface area contributed by atoms with Gasteiger partial charge in [0.2, 0.25) is 11.8 Å².